The lowest BCUT2D eigenvalue weighted by atomic mass is 9.96. The lowest BCUT2D eigenvalue weighted by molar-refractivity contribution is -0.129. The first kappa shape index (κ1) is 24.8. The molecule has 1 aliphatic heterocycles. The summed E-state index contributed by atoms with van der Waals surface area (Å²) in [6, 6.07) is 17.3. The maximum atomic E-state index is 13.1. The van der Waals surface area contributed by atoms with Crippen LogP contribution in [0.15, 0.2) is 73.1 Å². The Labute approximate surface area is 214 Å². The number of piperidine rings is 1. The summed E-state index contributed by atoms with van der Waals surface area (Å²) >= 11 is 11.9. The molecule has 35 heavy (non-hydrogen) atoms. The number of aromatic nitrogens is 1. The number of nitrogens with zero attached hydrogens (tertiary/aromatic N) is 2. The Balaban J connectivity index is 1.35. The molecule has 0 radical (unpaired) electrons. The number of nitrogens with one attached hydrogen (secondary N) is 2. The molecule has 0 spiro atoms. The van der Waals surface area contributed by atoms with Gasteiger partial charge in [0, 0.05) is 59.0 Å². The third-order valence-corrected chi connectivity index (χ3v) is 6.44. The van der Waals surface area contributed by atoms with Crippen molar-refractivity contribution in [1.82, 2.24) is 10.3 Å². The van der Waals surface area contributed by atoms with E-state index in [2.05, 4.69) is 20.5 Å². The molecule has 2 aromatic carbocycles. The van der Waals surface area contributed by atoms with E-state index < -0.39 is 12.2 Å². The topological polar surface area (TPSA) is 83.6 Å². The molecule has 0 saturated carbocycles. The van der Waals surface area contributed by atoms with Crippen molar-refractivity contribution in [2.45, 2.75) is 18.9 Å². The predicted octanol–water partition coefficient (Wildman–Crippen LogP) is 5.71. The van der Waals surface area contributed by atoms with Crippen molar-refractivity contribution in [1.29, 1.82) is 0 Å². The van der Waals surface area contributed by atoms with Crippen LogP contribution in [-0.2, 0) is 9.53 Å². The molecule has 9 heteroatoms. The Morgan fingerprint density at radius 2 is 1.54 bits per heavy atom. The van der Waals surface area contributed by atoms with Gasteiger partial charge in [-0.15, -0.1) is 0 Å². The lowest BCUT2D eigenvalue weighted by Gasteiger charge is -2.33. The Kier molecular flexibility index (Phi) is 8.45. The first-order valence-corrected chi connectivity index (χ1v) is 12.1. The summed E-state index contributed by atoms with van der Waals surface area (Å²) in [5.74, 6) is -0.0408. The highest BCUT2D eigenvalue weighted by molar-refractivity contribution is 6.30. The minimum absolute atomic E-state index is 0.339. The number of benzene rings is 2. The quantitative estimate of drug-likeness (QED) is 0.423. The van der Waals surface area contributed by atoms with Gasteiger partial charge in [-0.2, -0.15) is 0 Å². The molecular formula is C26H26Cl2N4O3. The van der Waals surface area contributed by atoms with Crippen molar-refractivity contribution in [2.24, 2.45) is 5.92 Å². The molecule has 1 atom stereocenters. The molecule has 0 aliphatic carbocycles. The number of halogens is 2. The number of pyridine rings is 1. The summed E-state index contributed by atoms with van der Waals surface area (Å²) in [6.45, 7) is 2.32. The fraction of sp³-hybridized carbons (Fsp3) is 0.269. The zero-order chi connectivity index (χ0) is 24.6. The monoisotopic (exact) mass is 512 g/mol. The van der Waals surface area contributed by atoms with E-state index >= 15 is 0 Å². The minimum atomic E-state index is -1.11. The lowest BCUT2D eigenvalue weighted by Crippen LogP contribution is -2.40. The van der Waals surface area contributed by atoms with Gasteiger partial charge in [-0.25, -0.2) is 4.79 Å². The Bertz CT molecular complexity index is 1120. The molecule has 1 saturated heterocycles. The summed E-state index contributed by atoms with van der Waals surface area (Å²) in [6.07, 6.45) is 3.63. The summed E-state index contributed by atoms with van der Waals surface area (Å²) in [7, 11) is 0. The van der Waals surface area contributed by atoms with Gasteiger partial charge in [0.05, 0.1) is 0 Å². The summed E-state index contributed by atoms with van der Waals surface area (Å²) < 4.78 is 5.53. The second kappa shape index (κ2) is 11.9. The highest BCUT2D eigenvalue weighted by atomic mass is 35.5. The first-order valence-electron chi connectivity index (χ1n) is 11.4. The van der Waals surface area contributed by atoms with E-state index in [1.54, 1.807) is 60.9 Å². The molecule has 1 fully saturated rings. The van der Waals surface area contributed by atoms with Gasteiger partial charge >= 0.3 is 6.09 Å². The molecule has 2 amide bonds. The van der Waals surface area contributed by atoms with Crippen LogP contribution >= 0.6 is 23.2 Å². The second-order valence-electron chi connectivity index (χ2n) is 8.35. The van der Waals surface area contributed by atoms with E-state index in [4.69, 9.17) is 27.9 Å². The maximum absolute atomic E-state index is 13.1. The van der Waals surface area contributed by atoms with Crippen LogP contribution in [-0.4, -0.2) is 36.6 Å². The number of hydrogen-bond acceptors (Lipinski definition) is 5. The molecule has 7 nitrogen and oxygen atoms in total. The van der Waals surface area contributed by atoms with Gasteiger partial charge in [0.15, 0.2) is 0 Å². The number of anilines is 2. The largest absolute Gasteiger partial charge is 0.431 e. The van der Waals surface area contributed by atoms with Crippen molar-refractivity contribution in [2.75, 3.05) is 29.9 Å². The van der Waals surface area contributed by atoms with E-state index in [1.165, 1.54) is 0 Å². The number of rotatable bonds is 7. The van der Waals surface area contributed by atoms with E-state index in [0.717, 1.165) is 31.6 Å². The fourth-order valence-electron chi connectivity index (χ4n) is 3.99. The van der Waals surface area contributed by atoms with Crippen LogP contribution in [0.4, 0.5) is 16.2 Å². The van der Waals surface area contributed by atoms with Gasteiger partial charge in [0.25, 0.3) is 5.91 Å². The molecule has 3 aromatic rings. The van der Waals surface area contributed by atoms with E-state index in [9.17, 15) is 9.59 Å². The second-order valence-corrected chi connectivity index (χ2v) is 9.22. The van der Waals surface area contributed by atoms with Crippen molar-refractivity contribution < 1.29 is 14.3 Å². The first-order chi connectivity index (χ1) is 17.0. The van der Waals surface area contributed by atoms with Gasteiger partial charge in [-0.05, 0) is 67.3 Å². The average molecular weight is 513 g/mol. The van der Waals surface area contributed by atoms with Crippen molar-refractivity contribution in [3.05, 3.63) is 88.7 Å². The number of carbonyl (C=O) groups is 2. The van der Waals surface area contributed by atoms with Gasteiger partial charge < -0.3 is 15.0 Å². The van der Waals surface area contributed by atoms with Crippen molar-refractivity contribution >= 4 is 46.6 Å². The zero-order valence-corrected chi connectivity index (χ0v) is 20.5. The Hall–Kier alpha value is -3.29. The highest BCUT2D eigenvalue weighted by Gasteiger charge is 2.27. The number of carbonyl (C=O) groups excluding carboxylic acids is 2. The van der Waals surface area contributed by atoms with E-state index in [0.29, 0.717) is 33.8 Å². The highest BCUT2D eigenvalue weighted by Crippen LogP contribution is 2.24. The standard InChI is InChI=1S/C26H26Cl2N4O3/c27-20-3-1-19(2-4-20)24(35-26(34)31-22-7-5-21(28)6-8-22)25(33)30-17-18-11-15-32(16-12-18)23-9-13-29-14-10-23/h1-10,13-14,18,24H,11-12,15-17H2,(H,30,33)(H,31,34). The smallest absolute Gasteiger partial charge is 0.412 e. The SMILES string of the molecule is O=C(Nc1ccc(Cl)cc1)OC(C(=O)NCC1CCN(c2ccncc2)CC1)c1ccc(Cl)cc1. The summed E-state index contributed by atoms with van der Waals surface area (Å²) in [5.41, 5.74) is 2.20. The average Bonchev–Trinajstić information content (AvgIpc) is 2.89. The Morgan fingerprint density at radius 1 is 0.943 bits per heavy atom. The number of amides is 2. The molecule has 1 aliphatic rings. The molecule has 182 valence electrons. The van der Waals surface area contributed by atoms with Crippen molar-refractivity contribution in [3.8, 4) is 0 Å². The van der Waals surface area contributed by atoms with Crippen LogP contribution < -0.4 is 15.5 Å². The van der Waals surface area contributed by atoms with Gasteiger partial charge in [0.2, 0.25) is 6.10 Å². The fourth-order valence-corrected chi connectivity index (χ4v) is 4.24. The van der Waals surface area contributed by atoms with Crippen LogP contribution in [0.1, 0.15) is 24.5 Å². The van der Waals surface area contributed by atoms with Gasteiger partial charge in [-0.3, -0.25) is 15.1 Å². The molecule has 1 unspecified atom stereocenters. The van der Waals surface area contributed by atoms with Crippen LogP contribution in [0.3, 0.4) is 0 Å². The molecule has 4 rings (SSSR count). The zero-order valence-electron chi connectivity index (χ0n) is 19.0. The van der Waals surface area contributed by atoms with Crippen LogP contribution in [0, 0.1) is 5.92 Å². The minimum Gasteiger partial charge on any atom is -0.431 e. The van der Waals surface area contributed by atoms with E-state index in [1.807, 2.05) is 12.1 Å². The van der Waals surface area contributed by atoms with Gasteiger partial charge in [0.1, 0.15) is 0 Å². The number of ether oxygens (including phenoxy) is 1. The number of hydrogen-bond donors (Lipinski definition) is 2. The van der Waals surface area contributed by atoms with Crippen LogP contribution in [0.5, 0.6) is 0 Å². The Morgan fingerprint density at radius 3 is 2.17 bits per heavy atom. The molecule has 1 aromatic heterocycles. The molecule has 0 bridgehead atoms. The van der Waals surface area contributed by atoms with Gasteiger partial charge in [-0.1, -0.05) is 35.3 Å². The normalized spacial score (nSPS) is 14.7. The predicted molar refractivity (Wildman–Crippen MR) is 138 cm³/mol. The molecule has 2 heterocycles. The summed E-state index contributed by atoms with van der Waals surface area (Å²) in [4.78, 5) is 32.0. The third kappa shape index (κ3) is 7.10. The van der Waals surface area contributed by atoms with E-state index in [-0.39, 0.29) is 5.91 Å². The third-order valence-electron chi connectivity index (χ3n) is 5.93. The maximum Gasteiger partial charge on any atom is 0.412 e. The van der Waals surface area contributed by atoms with Crippen molar-refractivity contribution in [3.63, 3.8) is 0 Å². The van der Waals surface area contributed by atoms with Crippen LogP contribution in [0.2, 0.25) is 10.0 Å². The molecule has 2 N–H and O–H groups in total. The van der Waals surface area contributed by atoms with Crippen LogP contribution in [0.25, 0.3) is 0 Å². The molecular weight excluding hydrogens is 487 g/mol. The summed E-state index contributed by atoms with van der Waals surface area (Å²) in [5, 5.41) is 6.68.